The van der Waals surface area contributed by atoms with Crippen molar-refractivity contribution < 1.29 is 14.3 Å². The summed E-state index contributed by atoms with van der Waals surface area (Å²) < 4.78 is 5.44. The Balaban J connectivity index is 1.84. The summed E-state index contributed by atoms with van der Waals surface area (Å²) in [6.45, 7) is 9.00. The summed E-state index contributed by atoms with van der Waals surface area (Å²) in [6.07, 6.45) is 8.70. The molecule has 138 valence electrons. The van der Waals surface area contributed by atoms with E-state index in [0.717, 1.165) is 57.8 Å². The van der Waals surface area contributed by atoms with Crippen molar-refractivity contribution in [2.45, 2.75) is 71.6 Å². The number of ketones is 1. The van der Waals surface area contributed by atoms with E-state index in [4.69, 9.17) is 4.74 Å². The number of ether oxygens (including phenoxy) is 1. The molecule has 4 rings (SSSR count). The smallest absolute Gasteiger partial charge is 0.312 e. The average Bonchev–Trinajstić information content (AvgIpc) is 2.89. The van der Waals surface area contributed by atoms with Crippen molar-refractivity contribution >= 4 is 11.8 Å². The second-order valence-electron chi connectivity index (χ2n) is 9.65. The summed E-state index contributed by atoms with van der Waals surface area (Å²) in [5, 5.41) is 0. The SMILES string of the molecule is C=C1CC[C@H]2[C@]3(C(=O)OC)CC[C@H]4C(=O)CCC[C@]4(C)[C@H]3CC[C@@]12C. The Bertz CT molecular complexity index is 637. The van der Waals surface area contributed by atoms with Crippen LogP contribution in [0.25, 0.3) is 0 Å². The molecule has 3 heteroatoms. The molecule has 0 aliphatic heterocycles. The number of carbonyl (C=O) groups is 2. The van der Waals surface area contributed by atoms with E-state index in [1.165, 1.54) is 5.57 Å². The van der Waals surface area contributed by atoms with E-state index < -0.39 is 5.41 Å². The van der Waals surface area contributed by atoms with Crippen molar-refractivity contribution in [3.8, 4) is 0 Å². The number of fused-ring (bicyclic) bond motifs is 5. The lowest BCUT2D eigenvalue weighted by molar-refractivity contribution is -0.199. The number of Topliss-reactive ketones (excluding diaryl/α,β-unsaturated/α-hetero) is 1. The molecule has 0 amide bonds. The summed E-state index contributed by atoms with van der Waals surface area (Å²) in [6, 6.07) is 0. The largest absolute Gasteiger partial charge is 0.469 e. The van der Waals surface area contributed by atoms with Gasteiger partial charge in [-0.2, -0.15) is 0 Å². The lowest BCUT2D eigenvalue weighted by Gasteiger charge is -2.63. The number of esters is 1. The molecular formula is C22H32O3. The van der Waals surface area contributed by atoms with Crippen LogP contribution in [0.5, 0.6) is 0 Å². The van der Waals surface area contributed by atoms with E-state index >= 15 is 0 Å². The third kappa shape index (κ3) is 1.99. The minimum Gasteiger partial charge on any atom is -0.469 e. The van der Waals surface area contributed by atoms with Gasteiger partial charge in [0.15, 0.2) is 0 Å². The van der Waals surface area contributed by atoms with Gasteiger partial charge in [0.1, 0.15) is 5.78 Å². The first-order valence-electron chi connectivity index (χ1n) is 10.1. The van der Waals surface area contributed by atoms with Crippen LogP contribution in [-0.4, -0.2) is 18.9 Å². The van der Waals surface area contributed by atoms with Crippen molar-refractivity contribution in [3.05, 3.63) is 12.2 Å². The molecule has 0 heterocycles. The van der Waals surface area contributed by atoms with Gasteiger partial charge in [-0.25, -0.2) is 0 Å². The Kier molecular flexibility index (Phi) is 3.76. The van der Waals surface area contributed by atoms with Gasteiger partial charge in [-0.05, 0) is 74.0 Å². The third-order valence-electron chi connectivity index (χ3n) is 9.04. The van der Waals surface area contributed by atoms with Gasteiger partial charge in [0.05, 0.1) is 12.5 Å². The average molecular weight is 344 g/mol. The first kappa shape index (κ1) is 17.3. The summed E-state index contributed by atoms with van der Waals surface area (Å²) in [5.41, 5.74) is 0.940. The standard InChI is InChI=1S/C22H32O3/c1-14-7-8-17-20(14,2)12-10-18-21(3)11-5-6-16(23)15(21)9-13-22(17,18)19(24)25-4/h15,17-18H,1,5-13H2,2-4H3/t15-,17+,18+,20-,21-,22+/m0/s1. The van der Waals surface area contributed by atoms with Gasteiger partial charge in [-0.15, -0.1) is 0 Å². The molecule has 0 saturated heterocycles. The van der Waals surface area contributed by atoms with E-state index in [1.54, 1.807) is 7.11 Å². The normalized spacial score (nSPS) is 49.2. The van der Waals surface area contributed by atoms with Gasteiger partial charge in [0.2, 0.25) is 0 Å². The Morgan fingerprint density at radius 3 is 2.56 bits per heavy atom. The fourth-order valence-electron chi connectivity index (χ4n) is 7.78. The molecule has 0 bridgehead atoms. The molecule has 0 spiro atoms. The highest BCUT2D eigenvalue weighted by molar-refractivity contribution is 5.84. The molecule has 0 aromatic rings. The Labute approximate surface area is 151 Å². The highest BCUT2D eigenvalue weighted by Crippen LogP contribution is 2.72. The van der Waals surface area contributed by atoms with Crippen molar-refractivity contribution in [2.24, 2.45) is 34.0 Å². The maximum atomic E-state index is 13.3. The van der Waals surface area contributed by atoms with E-state index in [0.29, 0.717) is 11.7 Å². The molecule has 6 atom stereocenters. The Hall–Kier alpha value is -1.12. The van der Waals surface area contributed by atoms with Crippen LogP contribution in [-0.2, 0) is 14.3 Å². The van der Waals surface area contributed by atoms with E-state index in [1.807, 2.05) is 0 Å². The lowest BCUT2D eigenvalue weighted by Crippen LogP contribution is -2.63. The monoisotopic (exact) mass is 344 g/mol. The molecule has 0 aromatic heterocycles. The van der Waals surface area contributed by atoms with E-state index in [9.17, 15) is 9.59 Å². The maximum Gasteiger partial charge on any atom is 0.312 e. The lowest BCUT2D eigenvalue weighted by atomic mass is 9.39. The molecule has 4 aliphatic carbocycles. The summed E-state index contributed by atoms with van der Waals surface area (Å²) >= 11 is 0. The van der Waals surface area contributed by atoms with Crippen LogP contribution < -0.4 is 0 Å². The van der Waals surface area contributed by atoms with Crippen LogP contribution in [0.2, 0.25) is 0 Å². The molecule has 4 saturated carbocycles. The topological polar surface area (TPSA) is 43.4 Å². The van der Waals surface area contributed by atoms with Gasteiger partial charge in [0.25, 0.3) is 0 Å². The van der Waals surface area contributed by atoms with Crippen molar-refractivity contribution in [1.82, 2.24) is 0 Å². The molecule has 4 fully saturated rings. The quantitative estimate of drug-likeness (QED) is 0.511. The van der Waals surface area contributed by atoms with Crippen LogP contribution in [0.3, 0.4) is 0 Å². The van der Waals surface area contributed by atoms with E-state index in [2.05, 4.69) is 20.4 Å². The number of methoxy groups -OCH3 is 1. The Morgan fingerprint density at radius 1 is 1.08 bits per heavy atom. The minimum atomic E-state index is -0.413. The number of hydrogen-bond donors (Lipinski definition) is 0. The predicted molar refractivity (Wildman–Crippen MR) is 96.8 cm³/mol. The molecule has 0 unspecified atom stereocenters. The molecule has 0 aromatic carbocycles. The van der Waals surface area contributed by atoms with Gasteiger partial charge in [0, 0.05) is 12.3 Å². The zero-order valence-corrected chi connectivity index (χ0v) is 16.0. The number of hydrogen-bond acceptors (Lipinski definition) is 3. The summed E-state index contributed by atoms with van der Waals surface area (Å²) in [7, 11) is 1.55. The summed E-state index contributed by atoms with van der Waals surface area (Å²) in [4.78, 5) is 25.9. The highest BCUT2D eigenvalue weighted by atomic mass is 16.5. The van der Waals surface area contributed by atoms with Crippen molar-refractivity contribution in [1.29, 1.82) is 0 Å². The number of allylic oxidation sites excluding steroid dienone is 1. The van der Waals surface area contributed by atoms with Crippen LogP contribution in [0.1, 0.15) is 71.6 Å². The molecule has 3 nitrogen and oxygen atoms in total. The Morgan fingerprint density at radius 2 is 1.84 bits per heavy atom. The molecule has 25 heavy (non-hydrogen) atoms. The zero-order valence-electron chi connectivity index (χ0n) is 16.0. The summed E-state index contributed by atoms with van der Waals surface area (Å²) in [5.74, 6) is 1.18. The van der Waals surface area contributed by atoms with Crippen LogP contribution in [0.4, 0.5) is 0 Å². The second kappa shape index (κ2) is 5.44. The number of rotatable bonds is 1. The fourth-order valence-corrected chi connectivity index (χ4v) is 7.78. The fraction of sp³-hybridized carbons (Fsp3) is 0.818. The van der Waals surface area contributed by atoms with Crippen molar-refractivity contribution in [2.75, 3.05) is 7.11 Å². The van der Waals surface area contributed by atoms with Crippen LogP contribution in [0.15, 0.2) is 12.2 Å². The predicted octanol–water partition coefficient (Wildman–Crippen LogP) is 4.70. The van der Waals surface area contributed by atoms with Gasteiger partial charge < -0.3 is 4.74 Å². The van der Waals surface area contributed by atoms with E-state index in [-0.39, 0.29) is 28.6 Å². The second-order valence-corrected chi connectivity index (χ2v) is 9.65. The molecule has 4 aliphatic rings. The third-order valence-corrected chi connectivity index (χ3v) is 9.04. The van der Waals surface area contributed by atoms with Gasteiger partial charge in [-0.3, -0.25) is 9.59 Å². The van der Waals surface area contributed by atoms with Gasteiger partial charge in [-0.1, -0.05) is 26.0 Å². The molecule has 0 N–H and O–H groups in total. The molecular weight excluding hydrogens is 312 g/mol. The van der Waals surface area contributed by atoms with Gasteiger partial charge >= 0.3 is 5.97 Å². The molecule has 0 radical (unpaired) electrons. The number of carbonyl (C=O) groups excluding carboxylic acids is 2. The minimum absolute atomic E-state index is 0.0131. The van der Waals surface area contributed by atoms with Crippen LogP contribution in [0, 0.1) is 34.0 Å². The van der Waals surface area contributed by atoms with Crippen LogP contribution >= 0.6 is 0 Å². The zero-order chi connectivity index (χ0) is 18.0. The van der Waals surface area contributed by atoms with Crippen molar-refractivity contribution in [3.63, 3.8) is 0 Å². The first-order chi connectivity index (χ1) is 11.8. The maximum absolute atomic E-state index is 13.3. The highest BCUT2D eigenvalue weighted by Gasteiger charge is 2.69. The first-order valence-corrected chi connectivity index (χ1v) is 10.1.